The first-order chi connectivity index (χ1) is 11.7. The van der Waals surface area contributed by atoms with Crippen LogP contribution < -0.4 is 10.1 Å². The van der Waals surface area contributed by atoms with Crippen molar-refractivity contribution in [3.63, 3.8) is 0 Å². The van der Waals surface area contributed by atoms with Gasteiger partial charge in [-0.2, -0.15) is 0 Å². The monoisotopic (exact) mass is 361 g/mol. The van der Waals surface area contributed by atoms with E-state index >= 15 is 0 Å². The normalized spacial score (nSPS) is 12.9. The lowest BCUT2D eigenvalue weighted by Crippen LogP contribution is -2.44. The summed E-state index contributed by atoms with van der Waals surface area (Å²) in [5.74, 6) is -1.03. The van der Waals surface area contributed by atoms with Crippen LogP contribution in [-0.2, 0) is 10.3 Å². The van der Waals surface area contributed by atoms with Crippen LogP contribution in [-0.4, -0.2) is 29.9 Å². The minimum Gasteiger partial charge on any atom is -0.497 e. The quantitative estimate of drug-likeness (QED) is 0.739. The summed E-state index contributed by atoms with van der Waals surface area (Å²) in [6.07, 6.45) is -0.295. The van der Waals surface area contributed by atoms with Crippen LogP contribution in [0.1, 0.15) is 45.9 Å². The Morgan fingerprint density at radius 1 is 1.28 bits per heavy atom. The molecule has 2 aromatic rings. The highest BCUT2D eigenvalue weighted by molar-refractivity contribution is 7.12. The van der Waals surface area contributed by atoms with E-state index in [1.165, 1.54) is 20.1 Å². The molecule has 0 aliphatic carbocycles. The maximum atomic E-state index is 12.6. The molecule has 7 heteroatoms. The van der Waals surface area contributed by atoms with Gasteiger partial charge in [-0.25, -0.2) is 0 Å². The number of amides is 1. The second-order valence-corrected chi connectivity index (χ2v) is 6.76. The van der Waals surface area contributed by atoms with Gasteiger partial charge in [0.2, 0.25) is 0 Å². The molecule has 0 saturated carbocycles. The van der Waals surface area contributed by atoms with Crippen LogP contribution in [0.15, 0.2) is 35.7 Å². The highest BCUT2D eigenvalue weighted by Crippen LogP contribution is 2.29. The molecule has 2 rings (SSSR count). The number of carbonyl (C=O) groups excluding carboxylic acids is 2. The third kappa shape index (κ3) is 4.45. The maximum absolute atomic E-state index is 12.6. The Balaban J connectivity index is 2.33. The van der Waals surface area contributed by atoms with Gasteiger partial charge in [-0.1, -0.05) is 12.1 Å². The van der Waals surface area contributed by atoms with Gasteiger partial charge in [-0.3, -0.25) is 14.4 Å². The molecule has 0 radical (unpaired) electrons. The summed E-state index contributed by atoms with van der Waals surface area (Å²) in [5, 5.41) is 13.7. The molecule has 0 aliphatic rings. The molecule has 2 N–H and O–H groups in total. The van der Waals surface area contributed by atoms with E-state index in [9.17, 15) is 19.5 Å². The Kier molecular flexibility index (Phi) is 5.58. The summed E-state index contributed by atoms with van der Waals surface area (Å²) >= 11 is 1.14. The molecule has 1 aromatic heterocycles. The van der Waals surface area contributed by atoms with Gasteiger partial charge >= 0.3 is 5.97 Å². The van der Waals surface area contributed by atoms with Crippen molar-refractivity contribution in [2.24, 2.45) is 0 Å². The highest BCUT2D eigenvalue weighted by Gasteiger charge is 2.32. The van der Waals surface area contributed by atoms with Gasteiger partial charge < -0.3 is 15.2 Å². The zero-order valence-electron chi connectivity index (χ0n) is 14.2. The van der Waals surface area contributed by atoms with Gasteiger partial charge in [0.25, 0.3) is 5.91 Å². The van der Waals surface area contributed by atoms with Gasteiger partial charge in [-0.05, 0) is 37.6 Å². The molecule has 1 heterocycles. The number of nitrogens with one attached hydrogen (secondary N) is 1. The number of carboxylic acids is 1. The van der Waals surface area contributed by atoms with Crippen molar-refractivity contribution >= 4 is 29.0 Å². The molecule has 1 aromatic carbocycles. The number of hydrogen-bond donors (Lipinski definition) is 2. The van der Waals surface area contributed by atoms with Crippen molar-refractivity contribution in [1.29, 1.82) is 0 Å². The number of hydrogen-bond acceptors (Lipinski definition) is 5. The van der Waals surface area contributed by atoms with Crippen molar-refractivity contribution in [1.82, 2.24) is 5.32 Å². The fraction of sp³-hybridized carbons (Fsp3) is 0.278. The molecule has 0 saturated heterocycles. The first-order valence-electron chi connectivity index (χ1n) is 7.53. The summed E-state index contributed by atoms with van der Waals surface area (Å²) in [6.45, 7) is 3.07. The molecule has 6 nitrogen and oxygen atoms in total. The van der Waals surface area contributed by atoms with Crippen LogP contribution in [0, 0.1) is 0 Å². The molecule has 0 bridgehead atoms. The zero-order chi connectivity index (χ0) is 18.6. The second-order valence-electron chi connectivity index (χ2n) is 5.84. The summed E-state index contributed by atoms with van der Waals surface area (Å²) in [4.78, 5) is 35.6. The Hall–Kier alpha value is -2.67. The third-order valence-electron chi connectivity index (χ3n) is 3.83. The van der Waals surface area contributed by atoms with Crippen LogP contribution in [0.5, 0.6) is 5.75 Å². The fourth-order valence-electron chi connectivity index (χ4n) is 2.44. The van der Waals surface area contributed by atoms with E-state index in [1.54, 1.807) is 36.6 Å². The lowest BCUT2D eigenvalue weighted by atomic mass is 9.88. The summed E-state index contributed by atoms with van der Waals surface area (Å²) in [6, 6.07) is 8.42. The third-order valence-corrected chi connectivity index (χ3v) is 4.76. The number of ether oxygens (including phenoxy) is 1. The van der Waals surface area contributed by atoms with Gasteiger partial charge in [0.05, 0.1) is 23.9 Å². The molecule has 132 valence electrons. The number of Topliss-reactive ketones (excluding diaryl/α,β-unsaturated/α-hetero) is 1. The lowest BCUT2D eigenvalue weighted by Gasteiger charge is -2.30. The van der Waals surface area contributed by atoms with E-state index in [4.69, 9.17) is 4.74 Å². The number of carboxylic acid groups (broad SMARTS) is 1. The molecule has 1 amide bonds. The van der Waals surface area contributed by atoms with Crippen LogP contribution in [0.4, 0.5) is 0 Å². The summed E-state index contributed by atoms with van der Waals surface area (Å²) in [5.41, 5.74) is -0.0555. The lowest BCUT2D eigenvalue weighted by molar-refractivity contribution is -0.138. The van der Waals surface area contributed by atoms with Gasteiger partial charge in [0.15, 0.2) is 5.78 Å². The second kappa shape index (κ2) is 7.48. The van der Waals surface area contributed by atoms with Crippen molar-refractivity contribution in [3.8, 4) is 5.75 Å². The van der Waals surface area contributed by atoms with E-state index in [0.29, 0.717) is 21.8 Å². The SMILES string of the molecule is COc1cccc(C(C)(CC(=O)O)NC(=O)c2cc(C(C)=O)cs2)c1. The summed E-state index contributed by atoms with van der Waals surface area (Å²) < 4.78 is 5.18. The zero-order valence-corrected chi connectivity index (χ0v) is 15.0. The largest absolute Gasteiger partial charge is 0.497 e. The minimum absolute atomic E-state index is 0.128. The number of carbonyl (C=O) groups is 3. The number of ketones is 1. The minimum atomic E-state index is -1.13. The molecular weight excluding hydrogens is 342 g/mol. The first-order valence-corrected chi connectivity index (χ1v) is 8.41. The molecule has 0 spiro atoms. The Labute approximate surface area is 149 Å². The van der Waals surface area contributed by atoms with Crippen LogP contribution >= 0.6 is 11.3 Å². The van der Waals surface area contributed by atoms with Gasteiger partial charge in [0.1, 0.15) is 5.75 Å². The smallest absolute Gasteiger partial charge is 0.306 e. The first kappa shape index (κ1) is 18.7. The Morgan fingerprint density at radius 3 is 2.56 bits per heavy atom. The van der Waals surface area contributed by atoms with E-state index in [2.05, 4.69) is 5.32 Å². The number of benzene rings is 1. The fourth-order valence-corrected chi connectivity index (χ4v) is 3.28. The van der Waals surface area contributed by atoms with Crippen molar-refractivity contribution in [3.05, 3.63) is 51.7 Å². The van der Waals surface area contributed by atoms with Crippen LogP contribution in [0.25, 0.3) is 0 Å². The van der Waals surface area contributed by atoms with Crippen LogP contribution in [0.2, 0.25) is 0 Å². The van der Waals surface area contributed by atoms with E-state index < -0.39 is 17.4 Å². The molecular formula is C18H19NO5S. The van der Waals surface area contributed by atoms with Crippen LogP contribution in [0.3, 0.4) is 0 Å². The standard InChI is InChI=1S/C18H19NO5S/c1-11(20)12-7-15(25-10-12)17(23)19-18(2,9-16(21)22)13-5-4-6-14(8-13)24-3/h4-8,10H,9H2,1-3H3,(H,19,23)(H,21,22). The van der Waals surface area contributed by atoms with E-state index in [0.717, 1.165) is 11.3 Å². The summed E-state index contributed by atoms with van der Waals surface area (Å²) in [7, 11) is 1.52. The average molecular weight is 361 g/mol. The maximum Gasteiger partial charge on any atom is 0.306 e. The van der Waals surface area contributed by atoms with E-state index in [1.807, 2.05) is 0 Å². The molecule has 1 atom stereocenters. The average Bonchev–Trinajstić information content (AvgIpc) is 3.04. The van der Waals surface area contributed by atoms with Gasteiger partial charge in [-0.15, -0.1) is 11.3 Å². The topological polar surface area (TPSA) is 92.7 Å². The molecule has 0 aliphatic heterocycles. The highest BCUT2D eigenvalue weighted by atomic mass is 32.1. The van der Waals surface area contributed by atoms with E-state index in [-0.39, 0.29) is 12.2 Å². The molecule has 0 fully saturated rings. The molecule has 25 heavy (non-hydrogen) atoms. The Bertz CT molecular complexity index is 813. The predicted octanol–water partition coefficient (Wildman–Crippen LogP) is 3.08. The van der Waals surface area contributed by atoms with Crippen molar-refractivity contribution in [2.75, 3.05) is 7.11 Å². The van der Waals surface area contributed by atoms with Crippen molar-refractivity contribution < 1.29 is 24.2 Å². The number of aliphatic carboxylic acids is 1. The number of rotatable bonds is 7. The Morgan fingerprint density at radius 2 is 2.00 bits per heavy atom. The predicted molar refractivity (Wildman–Crippen MR) is 94.4 cm³/mol. The van der Waals surface area contributed by atoms with Gasteiger partial charge in [0, 0.05) is 10.9 Å². The number of thiophene rings is 1. The number of methoxy groups -OCH3 is 1. The molecule has 1 unspecified atom stereocenters. The van der Waals surface area contributed by atoms with Crippen molar-refractivity contribution in [2.45, 2.75) is 25.8 Å².